The third-order valence-electron chi connectivity index (χ3n) is 7.36. The van der Waals surface area contributed by atoms with Crippen molar-refractivity contribution in [2.24, 2.45) is 0 Å². The number of rotatable bonds is 9. The molecule has 1 aromatic carbocycles. The molecule has 2 aliphatic carbocycles. The minimum absolute atomic E-state index is 0.0421. The number of ether oxygens (including phenoxy) is 1. The zero-order valence-electron chi connectivity index (χ0n) is 21.7. The number of methoxy groups -OCH3 is 1. The van der Waals surface area contributed by atoms with E-state index in [0.717, 1.165) is 49.6 Å². The molecule has 0 amide bonds. The van der Waals surface area contributed by atoms with E-state index in [0.29, 0.717) is 52.5 Å². The molecule has 3 aromatic heterocycles. The largest absolute Gasteiger partial charge is 0.480 e. The van der Waals surface area contributed by atoms with Gasteiger partial charge in [-0.3, -0.25) is 0 Å². The summed E-state index contributed by atoms with van der Waals surface area (Å²) in [6.07, 6.45) is 5.63. The zero-order valence-corrected chi connectivity index (χ0v) is 21.7. The zero-order chi connectivity index (χ0) is 27.9. The van der Waals surface area contributed by atoms with Crippen molar-refractivity contribution in [3.8, 4) is 28.7 Å². The van der Waals surface area contributed by atoms with Crippen molar-refractivity contribution in [3.05, 3.63) is 65.5 Å². The molecule has 2 saturated carbocycles. The van der Waals surface area contributed by atoms with Crippen LogP contribution in [-0.2, 0) is 12.7 Å². The molecule has 9 nitrogen and oxygen atoms in total. The molecule has 0 radical (unpaired) electrons. The lowest BCUT2D eigenvalue weighted by atomic mass is 9.92. The van der Waals surface area contributed by atoms with Gasteiger partial charge in [-0.15, -0.1) is 0 Å². The molecule has 0 unspecified atom stereocenters. The van der Waals surface area contributed by atoms with Gasteiger partial charge in [0.15, 0.2) is 11.5 Å². The fourth-order valence-electron chi connectivity index (χ4n) is 4.82. The maximum Gasteiger partial charge on any atom is 0.434 e. The van der Waals surface area contributed by atoms with Gasteiger partial charge in [-0.2, -0.15) is 13.2 Å². The third-order valence-corrected chi connectivity index (χ3v) is 7.36. The maximum absolute atomic E-state index is 13.4. The van der Waals surface area contributed by atoms with Crippen LogP contribution in [0.5, 0.6) is 5.88 Å². The van der Waals surface area contributed by atoms with Crippen LogP contribution >= 0.6 is 0 Å². The number of hydrogen-bond acceptors (Lipinski definition) is 8. The van der Waals surface area contributed by atoms with E-state index in [1.54, 1.807) is 30.0 Å². The van der Waals surface area contributed by atoms with Crippen LogP contribution in [0.1, 0.15) is 66.6 Å². The molecule has 0 spiro atoms. The van der Waals surface area contributed by atoms with Gasteiger partial charge in [-0.05, 0) is 37.7 Å². The molecule has 2 N–H and O–H groups in total. The number of aromatic nitrogens is 6. The van der Waals surface area contributed by atoms with E-state index in [-0.39, 0.29) is 6.04 Å². The Morgan fingerprint density at radius 3 is 2.48 bits per heavy atom. The van der Waals surface area contributed by atoms with E-state index in [1.807, 2.05) is 12.1 Å². The van der Waals surface area contributed by atoms with Crippen molar-refractivity contribution in [3.63, 3.8) is 0 Å². The molecule has 2 fully saturated rings. The van der Waals surface area contributed by atoms with E-state index in [1.165, 1.54) is 12.5 Å². The van der Waals surface area contributed by atoms with Gasteiger partial charge in [0.1, 0.15) is 23.5 Å². The van der Waals surface area contributed by atoms with Crippen LogP contribution in [0.2, 0.25) is 0 Å². The second-order valence-corrected chi connectivity index (χ2v) is 10.0. The molecular weight excluding hydrogens is 521 g/mol. The lowest BCUT2D eigenvalue weighted by molar-refractivity contribution is -0.140. The number of imidazole rings is 1. The van der Waals surface area contributed by atoms with Crippen LogP contribution in [0.4, 0.5) is 19.0 Å². The highest BCUT2D eigenvalue weighted by Gasteiger charge is 2.36. The molecular formula is C28H27F3N8O. The van der Waals surface area contributed by atoms with Gasteiger partial charge in [0, 0.05) is 42.7 Å². The first kappa shape index (κ1) is 25.9. The van der Waals surface area contributed by atoms with Crippen molar-refractivity contribution in [2.45, 2.75) is 56.8 Å². The predicted octanol–water partition coefficient (Wildman–Crippen LogP) is 6.04. The van der Waals surface area contributed by atoms with Crippen molar-refractivity contribution in [2.75, 3.05) is 12.4 Å². The van der Waals surface area contributed by atoms with Crippen LogP contribution in [0.3, 0.4) is 0 Å². The van der Waals surface area contributed by atoms with Crippen LogP contribution in [0.25, 0.3) is 22.8 Å². The summed E-state index contributed by atoms with van der Waals surface area (Å²) in [6.45, 7) is 0.375. The average Bonchev–Trinajstić information content (AvgIpc) is 3.69. The quantitative estimate of drug-likeness (QED) is 0.245. The molecule has 0 aliphatic heterocycles. The van der Waals surface area contributed by atoms with E-state index < -0.39 is 11.9 Å². The number of halogens is 3. The van der Waals surface area contributed by atoms with Gasteiger partial charge in [0.25, 0.3) is 0 Å². The number of alkyl halides is 3. The molecule has 4 aromatic rings. The van der Waals surface area contributed by atoms with Gasteiger partial charge in [-0.25, -0.2) is 24.9 Å². The first-order valence-corrected chi connectivity index (χ1v) is 13.1. The Labute approximate surface area is 228 Å². The summed E-state index contributed by atoms with van der Waals surface area (Å²) in [5, 5.41) is 11.1. The highest BCUT2D eigenvalue weighted by molar-refractivity contribution is 5.84. The van der Waals surface area contributed by atoms with Gasteiger partial charge < -0.3 is 20.0 Å². The van der Waals surface area contributed by atoms with Gasteiger partial charge in [0.05, 0.1) is 18.4 Å². The molecule has 6 rings (SSSR count). The standard InChI is InChI=1S/C28H27F3N8O/c1-40-27-22(23(17-9-10-17)35-15-36-27)25-34-13-19(11-32)24(38-25)33-12-16-5-7-18(8-6-16)26-37-21(28(29,30)31)14-39(26)20-3-2-4-20/h5-8,11,13-15,17,20,32H,2-4,9-10,12H2,1H3,(H,33,34,38). The Morgan fingerprint density at radius 2 is 1.85 bits per heavy atom. The Balaban J connectivity index is 1.24. The molecule has 3 heterocycles. The summed E-state index contributed by atoms with van der Waals surface area (Å²) in [7, 11) is 1.54. The summed E-state index contributed by atoms with van der Waals surface area (Å²) >= 11 is 0. The lowest BCUT2D eigenvalue weighted by Crippen LogP contribution is -2.17. The van der Waals surface area contributed by atoms with Crippen LogP contribution in [0, 0.1) is 5.41 Å². The Bertz CT molecular complexity index is 1540. The fraction of sp³-hybridized carbons (Fsp3) is 0.357. The Hall–Kier alpha value is -4.35. The first-order valence-electron chi connectivity index (χ1n) is 13.1. The molecule has 0 bridgehead atoms. The predicted molar refractivity (Wildman–Crippen MR) is 142 cm³/mol. The minimum atomic E-state index is -4.49. The second kappa shape index (κ2) is 10.3. The number of nitrogens with zero attached hydrogens (tertiary/aromatic N) is 6. The normalized spacial score (nSPS) is 15.5. The van der Waals surface area contributed by atoms with E-state index in [4.69, 9.17) is 15.1 Å². The number of nitrogens with one attached hydrogen (secondary N) is 2. The minimum Gasteiger partial charge on any atom is -0.480 e. The van der Waals surface area contributed by atoms with Crippen molar-refractivity contribution >= 4 is 12.0 Å². The fourth-order valence-corrected chi connectivity index (χ4v) is 4.82. The smallest absolute Gasteiger partial charge is 0.434 e. The average molecular weight is 549 g/mol. The third kappa shape index (κ3) is 5.01. The molecule has 40 heavy (non-hydrogen) atoms. The molecule has 2 aliphatic rings. The molecule has 0 atom stereocenters. The van der Waals surface area contributed by atoms with Gasteiger partial charge in [0.2, 0.25) is 5.88 Å². The highest BCUT2D eigenvalue weighted by Crippen LogP contribution is 2.45. The van der Waals surface area contributed by atoms with Gasteiger partial charge in [-0.1, -0.05) is 24.3 Å². The van der Waals surface area contributed by atoms with E-state index in [9.17, 15) is 13.2 Å². The van der Waals surface area contributed by atoms with Gasteiger partial charge >= 0.3 is 6.18 Å². The van der Waals surface area contributed by atoms with Crippen molar-refractivity contribution in [1.82, 2.24) is 29.5 Å². The monoisotopic (exact) mass is 548 g/mol. The number of benzene rings is 1. The van der Waals surface area contributed by atoms with Crippen molar-refractivity contribution in [1.29, 1.82) is 5.41 Å². The maximum atomic E-state index is 13.4. The molecule has 0 saturated heterocycles. The number of hydrogen-bond donors (Lipinski definition) is 2. The summed E-state index contributed by atoms with van der Waals surface area (Å²) < 4.78 is 47.3. The highest BCUT2D eigenvalue weighted by atomic mass is 19.4. The van der Waals surface area contributed by atoms with Crippen LogP contribution in [-0.4, -0.2) is 42.8 Å². The summed E-state index contributed by atoms with van der Waals surface area (Å²) in [5.74, 6) is 1.92. The van der Waals surface area contributed by atoms with Crippen LogP contribution < -0.4 is 10.1 Å². The van der Waals surface area contributed by atoms with E-state index >= 15 is 0 Å². The molecule has 206 valence electrons. The topological polar surface area (TPSA) is 114 Å². The first-order chi connectivity index (χ1) is 19.4. The summed E-state index contributed by atoms with van der Waals surface area (Å²) in [6, 6.07) is 7.31. The Morgan fingerprint density at radius 1 is 1.07 bits per heavy atom. The second-order valence-electron chi connectivity index (χ2n) is 10.0. The SMILES string of the molecule is COc1ncnc(C2CC2)c1-c1ncc(C=N)c(NCc2ccc(-c3nc(C(F)(F)F)cn3C3CCC3)cc2)n1. The lowest BCUT2D eigenvalue weighted by Gasteiger charge is -2.28. The van der Waals surface area contributed by atoms with E-state index in [2.05, 4.69) is 25.3 Å². The van der Waals surface area contributed by atoms with Crippen LogP contribution in [0.15, 0.2) is 43.0 Å². The molecule has 12 heteroatoms. The Kier molecular flexibility index (Phi) is 6.68. The summed E-state index contributed by atoms with van der Waals surface area (Å²) in [4.78, 5) is 21.8. The summed E-state index contributed by atoms with van der Waals surface area (Å²) in [5.41, 5.74) is 2.65. The van der Waals surface area contributed by atoms with Crippen molar-refractivity contribution < 1.29 is 17.9 Å². The number of anilines is 1.